The molecule has 2 aromatic carbocycles. The number of nitrogens with one attached hydrogen (secondary N) is 2. The number of benzene rings is 2. The molecule has 0 spiro atoms. The molecule has 3 rings (SSSR count). The van der Waals surface area contributed by atoms with Crippen LogP contribution in [0.5, 0.6) is 0 Å². The van der Waals surface area contributed by atoms with E-state index in [9.17, 15) is 22.7 Å². The maximum absolute atomic E-state index is 13.0. The third-order valence-electron chi connectivity index (χ3n) is 3.93. The highest BCUT2D eigenvalue weighted by Gasteiger charge is 2.18. The summed E-state index contributed by atoms with van der Waals surface area (Å²) < 4.78 is 40.3. The lowest BCUT2D eigenvalue weighted by Gasteiger charge is -2.12. The summed E-state index contributed by atoms with van der Waals surface area (Å²) in [4.78, 5) is 16.3. The molecule has 150 valence electrons. The van der Waals surface area contributed by atoms with E-state index in [1.807, 2.05) is 0 Å². The summed E-state index contributed by atoms with van der Waals surface area (Å²) in [5, 5.41) is 12.0. The number of hydrogen-bond acceptors (Lipinski definition) is 5. The number of amides is 1. The molecule has 0 saturated heterocycles. The van der Waals surface area contributed by atoms with Crippen molar-refractivity contribution in [2.24, 2.45) is 0 Å². The van der Waals surface area contributed by atoms with Crippen molar-refractivity contribution in [3.05, 3.63) is 82.9 Å². The summed E-state index contributed by atoms with van der Waals surface area (Å²) in [5.74, 6) is -1.12. The van der Waals surface area contributed by atoms with Crippen LogP contribution in [0.2, 0.25) is 5.02 Å². The summed E-state index contributed by atoms with van der Waals surface area (Å²) >= 11 is 6.07. The zero-order chi connectivity index (χ0) is 21.0. The molecule has 0 radical (unpaired) electrons. The fourth-order valence-electron chi connectivity index (χ4n) is 2.43. The Morgan fingerprint density at radius 1 is 1.10 bits per heavy atom. The maximum atomic E-state index is 13.0. The molecule has 7 nitrogen and oxygen atoms in total. The van der Waals surface area contributed by atoms with Gasteiger partial charge < -0.3 is 10.4 Å². The van der Waals surface area contributed by atoms with Crippen molar-refractivity contribution < 1.29 is 22.7 Å². The van der Waals surface area contributed by atoms with Gasteiger partial charge in [-0.05, 0) is 48.5 Å². The maximum Gasteiger partial charge on any atom is 0.261 e. The topological polar surface area (TPSA) is 108 Å². The number of sulfonamides is 1. The molecule has 1 amide bonds. The average Bonchev–Trinajstić information content (AvgIpc) is 2.70. The number of pyridine rings is 1. The summed E-state index contributed by atoms with van der Waals surface area (Å²) in [6, 6.07) is 9.88. The van der Waals surface area contributed by atoms with Gasteiger partial charge in [-0.3, -0.25) is 14.5 Å². The molecule has 0 atom stereocenters. The number of aliphatic hydroxyl groups excluding tert-OH is 1. The van der Waals surface area contributed by atoms with Gasteiger partial charge in [0.05, 0.1) is 34.1 Å². The van der Waals surface area contributed by atoms with E-state index < -0.39 is 21.7 Å². The first-order valence-electron chi connectivity index (χ1n) is 8.23. The van der Waals surface area contributed by atoms with E-state index in [1.165, 1.54) is 30.6 Å². The van der Waals surface area contributed by atoms with E-state index >= 15 is 0 Å². The van der Waals surface area contributed by atoms with E-state index in [4.69, 9.17) is 11.6 Å². The molecule has 0 unspecified atom stereocenters. The van der Waals surface area contributed by atoms with Crippen LogP contribution in [0, 0.1) is 5.82 Å². The lowest BCUT2D eigenvalue weighted by Crippen LogP contribution is -2.16. The molecule has 0 aliphatic heterocycles. The Bertz CT molecular complexity index is 1150. The van der Waals surface area contributed by atoms with E-state index in [0.29, 0.717) is 11.3 Å². The highest BCUT2D eigenvalue weighted by Crippen LogP contribution is 2.27. The van der Waals surface area contributed by atoms with Gasteiger partial charge in [-0.25, -0.2) is 12.8 Å². The van der Waals surface area contributed by atoms with Gasteiger partial charge >= 0.3 is 0 Å². The molecular weight excluding hydrogens is 421 g/mol. The van der Waals surface area contributed by atoms with E-state index in [1.54, 1.807) is 6.07 Å². The Balaban J connectivity index is 1.86. The lowest BCUT2D eigenvalue weighted by atomic mass is 10.1. The predicted molar refractivity (Wildman–Crippen MR) is 107 cm³/mol. The van der Waals surface area contributed by atoms with Crippen molar-refractivity contribution in [3.63, 3.8) is 0 Å². The molecule has 0 bridgehead atoms. The second-order valence-corrected chi connectivity index (χ2v) is 7.99. The van der Waals surface area contributed by atoms with E-state index in [2.05, 4.69) is 15.0 Å². The number of halogens is 2. The van der Waals surface area contributed by atoms with Crippen molar-refractivity contribution in [2.45, 2.75) is 11.5 Å². The number of carbonyl (C=O) groups is 1. The van der Waals surface area contributed by atoms with Crippen molar-refractivity contribution >= 4 is 38.9 Å². The van der Waals surface area contributed by atoms with Crippen molar-refractivity contribution in [1.82, 2.24) is 4.98 Å². The van der Waals surface area contributed by atoms with Crippen LogP contribution in [0.4, 0.5) is 15.8 Å². The normalized spacial score (nSPS) is 11.1. The second-order valence-electron chi connectivity index (χ2n) is 5.90. The van der Waals surface area contributed by atoms with Crippen LogP contribution in [0.15, 0.2) is 65.8 Å². The van der Waals surface area contributed by atoms with Crippen LogP contribution in [0.3, 0.4) is 0 Å². The number of hydrogen-bond donors (Lipinski definition) is 3. The second kappa shape index (κ2) is 8.56. The van der Waals surface area contributed by atoms with Gasteiger partial charge in [0.25, 0.3) is 15.9 Å². The van der Waals surface area contributed by atoms with Crippen LogP contribution in [-0.4, -0.2) is 24.4 Å². The molecule has 29 heavy (non-hydrogen) atoms. The molecule has 10 heteroatoms. The van der Waals surface area contributed by atoms with Crippen LogP contribution < -0.4 is 10.0 Å². The molecule has 0 saturated carbocycles. The largest absolute Gasteiger partial charge is 0.392 e. The molecule has 3 N–H and O–H groups in total. The molecule has 0 fully saturated rings. The number of nitrogens with zero attached hydrogens (tertiary/aromatic N) is 1. The van der Waals surface area contributed by atoms with Gasteiger partial charge in [0.2, 0.25) is 0 Å². The Morgan fingerprint density at radius 2 is 1.83 bits per heavy atom. The smallest absolute Gasteiger partial charge is 0.261 e. The predicted octanol–water partition coefficient (Wildman–Crippen LogP) is 3.42. The van der Waals surface area contributed by atoms with E-state index in [-0.39, 0.29) is 27.8 Å². The van der Waals surface area contributed by atoms with Gasteiger partial charge in [0.1, 0.15) is 5.82 Å². The summed E-state index contributed by atoms with van der Waals surface area (Å²) in [6.07, 6.45) is 2.86. The first-order chi connectivity index (χ1) is 13.8. The Hall–Kier alpha value is -3.01. The molecule has 3 aromatic rings. The Kier molecular flexibility index (Phi) is 6.12. The van der Waals surface area contributed by atoms with Gasteiger partial charge in [-0.15, -0.1) is 0 Å². The Morgan fingerprint density at radius 3 is 2.52 bits per heavy atom. The third-order valence-corrected chi connectivity index (χ3v) is 5.64. The highest BCUT2D eigenvalue weighted by atomic mass is 35.5. The van der Waals surface area contributed by atoms with Gasteiger partial charge in [0, 0.05) is 17.3 Å². The molecule has 0 aliphatic carbocycles. The monoisotopic (exact) mass is 435 g/mol. The van der Waals surface area contributed by atoms with Crippen LogP contribution in [0.1, 0.15) is 15.9 Å². The van der Waals surface area contributed by atoms with Crippen molar-refractivity contribution in [2.75, 3.05) is 10.0 Å². The fourth-order valence-corrected chi connectivity index (χ4v) is 3.72. The highest BCUT2D eigenvalue weighted by molar-refractivity contribution is 7.92. The minimum atomic E-state index is -4.04. The quantitative estimate of drug-likeness (QED) is 0.549. The minimum Gasteiger partial charge on any atom is -0.392 e. The Labute approximate surface area is 171 Å². The van der Waals surface area contributed by atoms with Crippen LogP contribution in [0.25, 0.3) is 0 Å². The fraction of sp³-hybridized carbons (Fsp3) is 0.0526. The lowest BCUT2D eigenvalue weighted by molar-refractivity contribution is 0.102. The summed E-state index contributed by atoms with van der Waals surface area (Å²) in [6.45, 7) is -0.290. The zero-order valence-corrected chi connectivity index (χ0v) is 16.3. The number of aliphatic hydroxyl groups is 1. The SMILES string of the molecule is O=C(Nc1cnccc1CO)c1ccc(Cl)c(NS(=O)(=O)c2ccc(F)cc2)c1. The number of anilines is 2. The average molecular weight is 436 g/mol. The molecular formula is C19H15ClFN3O4S. The van der Waals surface area contributed by atoms with Crippen molar-refractivity contribution in [3.8, 4) is 0 Å². The number of aromatic nitrogens is 1. The van der Waals surface area contributed by atoms with Crippen LogP contribution >= 0.6 is 11.6 Å². The van der Waals surface area contributed by atoms with Gasteiger partial charge in [-0.1, -0.05) is 11.6 Å². The number of carbonyl (C=O) groups excluding carboxylic acids is 1. The zero-order valence-electron chi connectivity index (χ0n) is 14.8. The molecule has 1 heterocycles. The van der Waals surface area contributed by atoms with Gasteiger partial charge in [-0.2, -0.15) is 0 Å². The number of rotatable bonds is 6. The van der Waals surface area contributed by atoms with Crippen LogP contribution in [-0.2, 0) is 16.6 Å². The van der Waals surface area contributed by atoms with E-state index in [0.717, 1.165) is 24.3 Å². The van der Waals surface area contributed by atoms with Gasteiger partial charge in [0.15, 0.2) is 0 Å². The van der Waals surface area contributed by atoms with Crippen molar-refractivity contribution in [1.29, 1.82) is 0 Å². The third kappa shape index (κ3) is 4.89. The summed E-state index contributed by atoms with van der Waals surface area (Å²) in [5.41, 5.74) is 0.902. The molecule has 1 aromatic heterocycles. The summed E-state index contributed by atoms with van der Waals surface area (Å²) in [7, 11) is -4.04. The minimum absolute atomic E-state index is 0.0165. The molecule has 0 aliphatic rings. The standard InChI is InChI=1S/C19H15ClFN3O4S/c20-16-6-1-12(19(26)23-18-10-22-8-7-13(18)11-25)9-17(16)24-29(27,28)15-4-2-14(21)3-5-15/h1-10,24-25H,11H2,(H,23,26). The first-order valence-corrected chi connectivity index (χ1v) is 10.1. The first kappa shape index (κ1) is 20.7.